The molecule has 2 aromatic carbocycles. The third kappa shape index (κ3) is 4.37. The molecule has 0 bridgehead atoms. The van der Waals surface area contributed by atoms with Gasteiger partial charge in [-0.05, 0) is 76.7 Å². The summed E-state index contributed by atoms with van der Waals surface area (Å²) in [5, 5.41) is 3.69. The zero-order valence-corrected chi connectivity index (χ0v) is 19.1. The van der Waals surface area contributed by atoms with Crippen LogP contribution in [0.2, 0.25) is 5.02 Å². The Labute approximate surface area is 195 Å². The van der Waals surface area contributed by atoms with E-state index >= 15 is 0 Å². The fourth-order valence-electron chi connectivity index (χ4n) is 2.73. The molecular weight excluding hydrogens is 508 g/mol. The van der Waals surface area contributed by atoms with E-state index in [0.29, 0.717) is 21.6 Å². The predicted molar refractivity (Wildman–Crippen MR) is 125 cm³/mol. The molecule has 0 radical (unpaired) electrons. The summed E-state index contributed by atoms with van der Waals surface area (Å²) in [6.45, 7) is 0. The quantitative estimate of drug-likeness (QED) is 0.273. The summed E-state index contributed by atoms with van der Waals surface area (Å²) in [4.78, 5) is 27.7. The number of furan rings is 1. The summed E-state index contributed by atoms with van der Waals surface area (Å²) < 4.78 is 6.56. The molecule has 1 fully saturated rings. The number of nitrogens with zero attached hydrogens (tertiary/aromatic N) is 1. The van der Waals surface area contributed by atoms with Crippen molar-refractivity contribution < 1.29 is 14.0 Å². The van der Waals surface area contributed by atoms with Crippen molar-refractivity contribution in [3.8, 4) is 0 Å². The first-order valence-electron chi connectivity index (χ1n) is 8.61. The molecule has 1 N–H and O–H groups in total. The number of benzene rings is 2. The predicted octanol–water partition coefficient (Wildman–Crippen LogP) is 5.68. The van der Waals surface area contributed by atoms with Crippen molar-refractivity contribution in [2.75, 3.05) is 4.90 Å². The highest BCUT2D eigenvalue weighted by atomic mass is 79.9. The lowest BCUT2D eigenvalue weighted by Gasteiger charge is -2.28. The molecular formula is C21H12BrClN2O3S2. The van der Waals surface area contributed by atoms with E-state index in [-0.39, 0.29) is 10.7 Å². The number of carbonyl (C=O) groups excluding carboxylic acids is 2. The molecule has 150 valence electrons. The Kier molecular flexibility index (Phi) is 6.10. The average Bonchev–Trinajstić information content (AvgIpc) is 3.06. The van der Waals surface area contributed by atoms with Crippen LogP contribution in [0.25, 0.3) is 6.08 Å². The smallest absolute Gasteiger partial charge is 0.270 e. The van der Waals surface area contributed by atoms with Crippen LogP contribution in [-0.2, 0) is 9.59 Å². The number of hydrogen-bond donors (Lipinski definition) is 1. The van der Waals surface area contributed by atoms with Gasteiger partial charge in [0.2, 0.25) is 0 Å². The van der Waals surface area contributed by atoms with Crippen molar-refractivity contribution in [2.24, 2.45) is 0 Å². The van der Waals surface area contributed by atoms with Gasteiger partial charge in [0, 0.05) is 9.92 Å². The molecule has 5 nitrogen and oxygen atoms in total. The van der Waals surface area contributed by atoms with Crippen LogP contribution in [0.5, 0.6) is 0 Å². The number of halogens is 2. The van der Waals surface area contributed by atoms with Crippen LogP contribution in [0.15, 0.2) is 85.1 Å². The maximum atomic E-state index is 13.0. The first kappa shape index (κ1) is 20.9. The number of thiocarbonyl (C=S) groups is 1. The first-order chi connectivity index (χ1) is 14.4. The molecule has 0 spiro atoms. The molecule has 4 rings (SSSR count). The Morgan fingerprint density at radius 2 is 1.80 bits per heavy atom. The number of amides is 2. The van der Waals surface area contributed by atoms with E-state index in [9.17, 15) is 9.59 Å². The Hall–Kier alpha value is -2.39. The molecule has 2 amide bonds. The highest BCUT2D eigenvalue weighted by Gasteiger charge is 2.34. The molecule has 2 heterocycles. The van der Waals surface area contributed by atoms with Gasteiger partial charge in [-0.2, -0.15) is 0 Å². The number of nitrogens with one attached hydrogen (secondary N) is 1. The first-order valence-corrected chi connectivity index (χ1v) is 11.0. The highest BCUT2D eigenvalue weighted by molar-refractivity contribution is 9.10. The number of anilines is 1. The average molecular weight is 520 g/mol. The van der Waals surface area contributed by atoms with Crippen LogP contribution in [0.4, 0.5) is 5.69 Å². The number of hydrogen-bond acceptors (Lipinski definition) is 5. The van der Waals surface area contributed by atoms with Gasteiger partial charge in [0.05, 0.1) is 10.2 Å². The summed E-state index contributed by atoms with van der Waals surface area (Å²) >= 11 is 16.0. The monoisotopic (exact) mass is 518 g/mol. The van der Waals surface area contributed by atoms with E-state index in [1.54, 1.807) is 30.3 Å². The summed E-state index contributed by atoms with van der Waals surface area (Å²) in [6, 6.07) is 18.0. The van der Waals surface area contributed by atoms with E-state index in [4.69, 9.17) is 28.2 Å². The third-order valence-corrected chi connectivity index (χ3v) is 6.49. The van der Waals surface area contributed by atoms with Crippen molar-refractivity contribution in [3.63, 3.8) is 0 Å². The molecule has 0 atom stereocenters. The molecule has 9 heteroatoms. The minimum atomic E-state index is -0.583. The lowest BCUT2D eigenvalue weighted by molar-refractivity contribution is -0.122. The third-order valence-electron chi connectivity index (χ3n) is 4.10. The van der Waals surface area contributed by atoms with E-state index in [1.165, 1.54) is 22.7 Å². The maximum Gasteiger partial charge on any atom is 0.270 e. The van der Waals surface area contributed by atoms with Crippen molar-refractivity contribution >= 4 is 80.2 Å². The van der Waals surface area contributed by atoms with Crippen molar-refractivity contribution in [3.05, 3.63) is 81.5 Å². The molecule has 1 aromatic heterocycles. The van der Waals surface area contributed by atoms with Gasteiger partial charge in [0.25, 0.3) is 11.8 Å². The van der Waals surface area contributed by atoms with Gasteiger partial charge in [0.15, 0.2) is 10.2 Å². The second-order valence-corrected chi connectivity index (χ2v) is 8.86. The number of carbonyl (C=O) groups is 2. The molecule has 1 saturated heterocycles. The zero-order valence-electron chi connectivity index (χ0n) is 15.1. The Balaban J connectivity index is 1.64. The molecule has 30 heavy (non-hydrogen) atoms. The van der Waals surface area contributed by atoms with Crippen LogP contribution in [0.3, 0.4) is 0 Å². The summed E-state index contributed by atoms with van der Waals surface area (Å²) in [5.41, 5.74) is 0.414. The SMILES string of the molecule is O=C1NC(=S)N(c2ccc(Cl)cc2)C(=O)/C1=C/c1cc(Br)c(Sc2ccccc2)o1. The zero-order chi connectivity index (χ0) is 21.3. The van der Waals surface area contributed by atoms with Crippen LogP contribution < -0.4 is 10.2 Å². The Bertz CT molecular complexity index is 1180. The van der Waals surface area contributed by atoms with E-state index in [1.807, 2.05) is 30.3 Å². The largest absolute Gasteiger partial charge is 0.449 e. The maximum absolute atomic E-state index is 13.0. The van der Waals surface area contributed by atoms with Crippen LogP contribution in [0, 0.1) is 0 Å². The van der Waals surface area contributed by atoms with Crippen LogP contribution in [-0.4, -0.2) is 16.9 Å². The minimum absolute atomic E-state index is 0.00502. The van der Waals surface area contributed by atoms with Gasteiger partial charge in [0.1, 0.15) is 11.3 Å². The van der Waals surface area contributed by atoms with Crippen molar-refractivity contribution in [2.45, 2.75) is 9.99 Å². The normalized spacial score (nSPS) is 15.6. The van der Waals surface area contributed by atoms with Crippen molar-refractivity contribution in [1.82, 2.24) is 5.32 Å². The second-order valence-electron chi connectivity index (χ2n) is 6.13. The van der Waals surface area contributed by atoms with Gasteiger partial charge in [-0.1, -0.05) is 41.6 Å². The van der Waals surface area contributed by atoms with Crippen LogP contribution >= 0.6 is 51.5 Å². The van der Waals surface area contributed by atoms with Crippen molar-refractivity contribution in [1.29, 1.82) is 0 Å². The number of rotatable bonds is 4. The molecule has 0 aliphatic carbocycles. The molecule has 1 aliphatic rings. The fourth-order valence-corrected chi connectivity index (χ4v) is 4.49. The molecule has 0 unspecified atom stereocenters. The van der Waals surface area contributed by atoms with Gasteiger partial charge >= 0.3 is 0 Å². The van der Waals surface area contributed by atoms with E-state index < -0.39 is 11.8 Å². The minimum Gasteiger partial charge on any atom is -0.449 e. The Morgan fingerprint density at radius 1 is 1.10 bits per heavy atom. The lowest BCUT2D eigenvalue weighted by Crippen LogP contribution is -2.54. The Morgan fingerprint density at radius 3 is 2.50 bits per heavy atom. The topological polar surface area (TPSA) is 62.6 Å². The van der Waals surface area contributed by atoms with Gasteiger partial charge in [-0.3, -0.25) is 19.8 Å². The summed E-state index contributed by atoms with van der Waals surface area (Å²) in [6.07, 6.45) is 1.40. The van der Waals surface area contributed by atoms with Gasteiger partial charge < -0.3 is 4.42 Å². The van der Waals surface area contributed by atoms with Gasteiger partial charge in [-0.15, -0.1) is 0 Å². The van der Waals surface area contributed by atoms with E-state index in [0.717, 1.165) is 9.37 Å². The molecule has 3 aromatic rings. The van der Waals surface area contributed by atoms with E-state index in [2.05, 4.69) is 21.2 Å². The summed E-state index contributed by atoms with van der Waals surface area (Å²) in [7, 11) is 0. The lowest BCUT2D eigenvalue weighted by atomic mass is 10.1. The summed E-state index contributed by atoms with van der Waals surface area (Å²) in [5.74, 6) is -0.765. The standard InChI is InChI=1S/C21H12BrClN2O3S2/c22-17-11-14(28-20(17)30-15-4-2-1-3-5-15)10-16-18(26)24-21(29)25(19(16)27)13-8-6-12(23)7-9-13/h1-11H,(H,24,26,29)/b16-10+. The molecule has 1 aliphatic heterocycles. The van der Waals surface area contributed by atoms with Crippen LogP contribution in [0.1, 0.15) is 5.76 Å². The molecule has 0 saturated carbocycles. The second kappa shape index (κ2) is 8.77. The fraction of sp³-hybridized carbons (Fsp3) is 0. The highest BCUT2D eigenvalue weighted by Crippen LogP contribution is 2.36. The van der Waals surface area contributed by atoms with Gasteiger partial charge in [-0.25, -0.2) is 0 Å².